The zero-order valence-corrected chi connectivity index (χ0v) is 18.1. The molecular formula is C22H29FN4OS. The molecule has 29 heavy (non-hydrogen) atoms. The fourth-order valence-electron chi connectivity index (χ4n) is 4.14. The van der Waals surface area contributed by atoms with E-state index in [1.165, 1.54) is 30.7 Å². The highest BCUT2D eigenvalue weighted by molar-refractivity contribution is 8.00. The highest BCUT2D eigenvalue weighted by Gasteiger charge is 2.33. The summed E-state index contributed by atoms with van der Waals surface area (Å²) in [6.45, 7) is 6.41. The number of benzene rings is 1. The molecule has 4 atom stereocenters. The summed E-state index contributed by atoms with van der Waals surface area (Å²) >= 11 is 1.41. The predicted octanol–water partition coefficient (Wildman–Crippen LogP) is 4.84. The second-order valence-electron chi connectivity index (χ2n) is 8.53. The van der Waals surface area contributed by atoms with Crippen molar-refractivity contribution in [2.24, 2.45) is 11.8 Å². The number of aromatic nitrogens is 3. The van der Waals surface area contributed by atoms with Gasteiger partial charge in [-0.1, -0.05) is 50.6 Å². The van der Waals surface area contributed by atoms with Crippen LogP contribution in [0, 0.1) is 17.7 Å². The average Bonchev–Trinajstić information content (AvgIpc) is 3.46. The second kappa shape index (κ2) is 8.46. The van der Waals surface area contributed by atoms with Gasteiger partial charge in [0.2, 0.25) is 5.91 Å². The molecule has 1 aromatic heterocycles. The topological polar surface area (TPSA) is 59.8 Å². The molecule has 1 N–H and O–H groups in total. The first-order valence-corrected chi connectivity index (χ1v) is 11.5. The summed E-state index contributed by atoms with van der Waals surface area (Å²) < 4.78 is 16.3. The maximum atomic E-state index is 14.3. The Balaban J connectivity index is 1.49. The number of amides is 1. The van der Waals surface area contributed by atoms with Gasteiger partial charge in [0, 0.05) is 12.1 Å². The van der Waals surface area contributed by atoms with Crippen LogP contribution in [-0.4, -0.2) is 32.0 Å². The van der Waals surface area contributed by atoms with Gasteiger partial charge in [-0.15, -0.1) is 10.2 Å². The van der Waals surface area contributed by atoms with Crippen molar-refractivity contribution in [2.75, 3.05) is 0 Å². The number of thioether (sulfide) groups is 1. The van der Waals surface area contributed by atoms with Crippen LogP contribution in [0.4, 0.5) is 4.39 Å². The molecule has 0 bridgehead atoms. The van der Waals surface area contributed by atoms with Crippen LogP contribution in [0.15, 0.2) is 29.4 Å². The minimum absolute atomic E-state index is 0.0405. The van der Waals surface area contributed by atoms with E-state index in [4.69, 9.17) is 0 Å². The van der Waals surface area contributed by atoms with E-state index >= 15 is 0 Å². The van der Waals surface area contributed by atoms with Gasteiger partial charge >= 0.3 is 0 Å². The Morgan fingerprint density at radius 3 is 2.69 bits per heavy atom. The van der Waals surface area contributed by atoms with E-state index in [0.717, 1.165) is 19.3 Å². The Bertz CT molecular complexity index is 881. The third kappa shape index (κ3) is 4.34. The van der Waals surface area contributed by atoms with Crippen LogP contribution in [0.1, 0.15) is 58.9 Å². The summed E-state index contributed by atoms with van der Waals surface area (Å²) in [5.41, 5.74) is 0.459. The third-order valence-electron chi connectivity index (χ3n) is 6.38. The van der Waals surface area contributed by atoms with Crippen molar-refractivity contribution in [3.63, 3.8) is 0 Å². The summed E-state index contributed by atoms with van der Waals surface area (Å²) in [7, 11) is 0. The van der Waals surface area contributed by atoms with Crippen molar-refractivity contribution in [2.45, 2.75) is 75.4 Å². The van der Waals surface area contributed by atoms with Crippen LogP contribution in [0.3, 0.4) is 0 Å². The molecule has 2 aliphatic rings. The largest absolute Gasteiger partial charge is 0.352 e. The van der Waals surface area contributed by atoms with E-state index < -0.39 is 0 Å². The average molecular weight is 417 g/mol. The van der Waals surface area contributed by atoms with Crippen LogP contribution < -0.4 is 5.32 Å². The standard InChI is InChI=1S/C22H29FN4OS/c1-13-7-6-10-19(14(13)2)24-21(28)15(3)29-22-26-25-20(27(22)16-11-12-16)17-8-4-5-9-18(17)23/h4-5,8-9,13-16,19H,6-7,10-12H2,1-3H3,(H,24,28)/t13-,14+,15+,19-/m0/s1. The quantitative estimate of drug-likeness (QED) is 0.685. The maximum absolute atomic E-state index is 14.3. The van der Waals surface area contributed by atoms with Gasteiger partial charge in [0.25, 0.3) is 0 Å². The Kier molecular flexibility index (Phi) is 5.95. The van der Waals surface area contributed by atoms with Crippen LogP contribution in [0.2, 0.25) is 0 Å². The van der Waals surface area contributed by atoms with Gasteiger partial charge in [-0.3, -0.25) is 9.36 Å². The number of hydrogen-bond acceptors (Lipinski definition) is 4. The number of hydrogen-bond donors (Lipinski definition) is 1. The molecule has 5 nitrogen and oxygen atoms in total. The first-order chi connectivity index (χ1) is 14.0. The minimum atomic E-state index is -0.301. The maximum Gasteiger partial charge on any atom is 0.233 e. The fraction of sp³-hybridized carbons (Fsp3) is 0.591. The van der Waals surface area contributed by atoms with Gasteiger partial charge in [-0.05, 0) is 50.2 Å². The fourth-order valence-corrected chi connectivity index (χ4v) is 5.07. The molecule has 0 saturated heterocycles. The van der Waals surface area contributed by atoms with Gasteiger partial charge in [0.1, 0.15) is 5.82 Å². The zero-order valence-electron chi connectivity index (χ0n) is 17.3. The highest BCUT2D eigenvalue weighted by Crippen LogP contribution is 2.42. The smallest absolute Gasteiger partial charge is 0.233 e. The second-order valence-corrected chi connectivity index (χ2v) is 9.84. The van der Waals surface area contributed by atoms with Crippen molar-refractivity contribution >= 4 is 17.7 Å². The molecule has 2 aliphatic carbocycles. The molecule has 2 aromatic rings. The Hall–Kier alpha value is -1.89. The summed E-state index contributed by atoms with van der Waals surface area (Å²) in [6, 6.07) is 7.18. The summed E-state index contributed by atoms with van der Waals surface area (Å²) in [5, 5.41) is 12.3. The van der Waals surface area contributed by atoms with Crippen LogP contribution in [0.5, 0.6) is 0 Å². The van der Waals surface area contributed by atoms with E-state index in [1.807, 2.05) is 11.5 Å². The highest BCUT2D eigenvalue weighted by atomic mass is 32.2. The lowest BCUT2D eigenvalue weighted by atomic mass is 9.78. The lowest BCUT2D eigenvalue weighted by Crippen LogP contribution is -2.46. The molecule has 2 fully saturated rings. The summed E-state index contributed by atoms with van der Waals surface area (Å²) in [4.78, 5) is 12.8. The Labute approximate surface area is 175 Å². The van der Waals surface area contributed by atoms with E-state index in [2.05, 4.69) is 29.4 Å². The molecule has 1 heterocycles. The first kappa shape index (κ1) is 20.4. The number of nitrogens with one attached hydrogen (secondary N) is 1. The molecule has 0 radical (unpaired) electrons. The Morgan fingerprint density at radius 2 is 1.97 bits per heavy atom. The van der Waals surface area contributed by atoms with Gasteiger partial charge in [0.05, 0.1) is 10.8 Å². The van der Waals surface area contributed by atoms with E-state index in [-0.39, 0.29) is 29.1 Å². The molecule has 0 unspecified atom stereocenters. The van der Waals surface area contributed by atoms with Crippen LogP contribution in [-0.2, 0) is 4.79 Å². The molecule has 156 valence electrons. The normalized spacial score (nSPS) is 25.6. The monoisotopic (exact) mass is 416 g/mol. The SMILES string of the molecule is C[C@H]1[C@@H](NC(=O)[C@@H](C)Sc2nnc(-c3ccccc3F)n2C2CC2)CCC[C@@H]1C. The summed E-state index contributed by atoms with van der Waals surface area (Å²) in [6.07, 6.45) is 5.52. The number of nitrogens with zero attached hydrogens (tertiary/aromatic N) is 3. The van der Waals surface area contributed by atoms with Gasteiger partial charge in [0.15, 0.2) is 11.0 Å². The Morgan fingerprint density at radius 1 is 1.21 bits per heavy atom. The van der Waals surface area contributed by atoms with Crippen molar-refractivity contribution in [1.82, 2.24) is 20.1 Å². The van der Waals surface area contributed by atoms with Crippen molar-refractivity contribution in [3.8, 4) is 11.4 Å². The predicted molar refractivity (Wildman–Crippen MR) is 113 cm³/mol. The molecule has 4 rings (SSSR count). The van der Waals surface area contributed by atoms with Gasteiger partial charge < -0.3 is 5.32 Å². The number of halogens is 1. The van der Waals surface area contributed by atoms with Crippen molar-refractivity contribution in [3.05, 3.63) is 30.1 Å². The lowest BCUT2D eigenvalue weighted by molar-refractivity contribution is -0.121. The van der Waals surface area contributed by atoms with Crippen LogP contribution >= 0.6 is 11.8 Å². The molecule has 0 aliphatic heterocycles. The molecular weight excluding hydrogens is 387 g/mol. The summed E-state index contributed by atoms with van der Waals surface area (Å²) in [5.74, 6) is 1.42. The van der Waals surface area contributed by atoms with Gasteiger partial charge in [-0.25, -0.2) is 4.39 Å². The lowest BCUT2D eigenvalue weighted by Gasteiger charge is -2.35. The molecule has 0 spiro atoms. The van der Waals surface area contributed by atoms with Gasteiger partial charge in [-0.2, -0.15) is 0 Å². The number of rotatable bonds is 6. The third-order valence-corrected chi connectivity index (χ3v) is 7.43. The van der Waals surface area contributed by atoms with E-state index in [9.17, 15) is 9.18 Å². The number of carbonyl (C=O) groups is 1. The van der Waals surface area contributed by atoms with Crippen LogP contribution in [0.25, 0.3) is 11.4 Å². The molecule has 7 heteroatoms. The zero-order chi connectivity index (χ0) is 20.5. The van der Waals surface area contributed by atoms with E-state index in [1.54, 1.807) is 18.2 Å². The van der Waals surface area contributed by atoms with E-state index in [0.29, 0.717) is 28.4 Å². The molecule has 1 amide bonds. The molecule has 1 aromatic carbocycles. The minimum Gasteiger partial charge on any atom is -0.352 e. The van der Waals surface area contributed by atoms with Crippen molar-refractivity contribution < 1.29 is 9.18 Å². The first-order valence-electron chi connectivity index (χ1n) is 10.6. The molecule has 2 saturated carbocycles. The number of carbonyl (C=O) groups excluding carboxylic acids is 1. The van der Waals surface area contributed by atoms with Crippen molar-refractivity contribution in [1.29, 1.82) is 0 Å².